The Labute approximate surface area is 85.7 Å². The largest absolute Gasteiger partial charge is 0.371 e. The van der Waals surface area contributed by atoms with Crippen molar-refractivity contribution in [3.63, 3.8) is 0 Å². The van der Waals surface area contributed by atoms with E-state index < -0.39 is 0 Å². The van der Waals surface area contributed by atoms with Gasteiger partial charge in [-0.15, -0.1) is 0 Å². The van der Waals surface area contributed by atoms with E-state index in [-0.39, 0.29) is 0 Å². The van der Waals surface area contributed by atoms with Crippen molar-refractivity contribution < 1.29 is 0 Å². The molecule has 0 aliphatic carbocycles. The summed E-state index contributed by atoms with van der Waals surface area (Å²) in [6.45, 7) is 7.37. The summed E-state index contributed by atoms with van der Waals surface area (Å²) in [5, 5.41) is 0. The summed E-state index contributed by atoms with van der Waals surface area (Å²) >= 11 is 0. The van der Waals surface area contributed by atoms with E-state index in [0.717, 1.165) is 13.1 Å². The molecule has 76 valence electrons. The molecular formula is C12H18N2. The minimum Gasteiger partial charge on any atom is -0.371 e. The summed E-state index contributed by atoms with van der Waals surface area (Å²) in [4.78, 5) is 2.43. The van der Waals surface area contributed by atoms with Crippen molar-refractivity contribution in [2.75, 3.05) is 18.0 Å². The van der Waals surface area contributed by atoms with Crippen LogP contribution in [0.3, 0.4) is 0 Å². The van der Waals surface area contributed by atoms with E-state index in [1.807, 2.05) is 0 Å². The average molecular weight is 190 g/mol. The van der Waals surface area contributed by atoms with Crippen molar-refractivity contribution in [2.24, 2.45) is 5.73 Å². The van der Waals surface area contributed by atoms with Crippen LogP contribution in [0.5, 0.6) is 0 Å². The molecule has 1 heterocycles. The molecule has 0 spiro atoms. The molecule has 1 aliphatic heterocycles. The Bertz CT molecular complexity index is 333. The van der Waals surface area contributed by atoms with Crippen LogP contribution >= 0.6 is 0 Å². The first-order valence-corrected chi connectivity index (χ1v) is 5.34. The first-order chi connectivity index (χ1) is 6.76. The van der Waals surface area contributed by atoms with Crippen LogP contribution in [-0.2, 0) is 6.54 Å². The highest BCUT2D eigenvalue weighted by atomic mass is 15.1. The van der Waals surface area contributed by atoms with Gasteiger partial charge in [-0.05, 0) is 24.1 Å². The smallest absolute Gasteiger partial charge is 0.0405 e. The Kier molecular flexibility index (Phi) is 2.46. The van der Waals surface area contributed by atoms with E-state index in [2.05, 4.69) is 36.9 Å². The third-order valence-electron chi connectivity index (χ3n) is 3.08. The van der Waals surface area contributed by atoms with Crippen molar-refractivity contribution in [1.29, 1.82) is 0 Å². The van der Waals surface area contributed by atoms with Gasteiger partial charge in [0.15, 0.2) is 0 Å². The average Bonchev–Trinajstić information content (AvgIpc) is 2.55. The van der Waals surface area contributed by atoms with Crippen LogP contribution in [0.2, 0.25) is 0 Å². The first-order valence-electron chi connectivity index (χ1n) is 5.34. The van der Waals surface area contributed by atoms with Crippen LogP contribution in [0, 0.1) is 0 Å². The van der Waals surface area contributed by atoms with Gasteiger partial charge in [0.1, 0.15) is 0 Å². The van der Waals surface area contributed by atoms with Gasteiger partial charge in [0.05, 0.1) is 0 Å². The van der Waals surface area contributed by atoms with Gasteiger partial charge < -0.3 is 10.6 Å². The van der Waals surface area contributed by atoms with Crippen LogP contribution in [0.4, 0.5) is 5.69 Å². The number of nitrogens with two attached hydrogens (primary N) is 1. The van der Waals surface area contributed by atoms with Gasteiger partial charge in [0, 0.05) is 31.2 Å². The molecule has 2 rings (SSSR count). The lowest BCUT2D eigenvalue weighted by Gasteiger charge is -2.17. The highest BCUT2D eigenvalue weighted by Gasteiger charge is 2.23. The number of fused-ring (bicyclic) bond motifs is 1. The van der Waals surface area contributed by atoms with Crippen LogP contribution in [-0.4, -0.2) is 13.1 Å². The molecule has 2 heteroatoms. The zero-order valence-corrected chi connectivity index (χ0v) is 8.96. The van der Waals surface area contributed by atoms with Crippen molar-refractivity contribution >= 4 is 5.69 Å². The maximum atomic E-state index is 5.65. The fourth-order valence-electron chi connectivity index (χ4n) is 2.23. The summed E-state index contributed by atoms with van der Waals surface area (Å²) in [6.07, 6.45) is 0. The molecule has 0 bridgehead atoms. The predicted octanol–water partition coefficient (Wildman–Crippen LogP) is 2.09. The quantitative estimate of drug-likeness (QED) is 0.773. The molecule has 2 nitrogen and oxygen atoms in total. The van der Waals surface area contributed by atoms with E-state index in [0.29, 0.717) is 12.5 Å². The fraction of sp³-hybridized carbons (Fsp3) is 0.500. The topological polar surface area (TPSA) is 29.3 Å². The Morgan fingerprint density at radius 2 is 2.29 bits per heavy atom. The molecule has 0 saturated heterocycles. The minimum absolute atomic E-state index is 0.638. The van der Waals surface area contributed by atoms with Gasteiger partial charge in [0.25, 0.3) is 0 Å². The summed E-state index contributed by atoms with van der Waals surface area (Å²) in [5.41, 5.74) is 9.75. The number of nitrogens with zero attached hydrogens (tertiary/aromatic N) is 1. The number of hydrogen-bond acceptors (Lipinski definition) is 2. The molecule has 14 heavy (non-hydrogen) atoms. The number of hydrogen-bond donors (Lipinski definition) is 1. The van der Waals surface area contributed by atoms with Crippen molar-refractivity contribution in [2.45, 2.75) is 26.3 Å². The van der Waals surface area contributed by atoms with Gasteiger partial charge in [-0.3, -0.25) is 0 Å². The second-order valence-electron chi connectivity index (χ2n) is 4.04. The summed E-state index contributed by atoms with van der Waals surface area (Å²) < 4.78 is 0. The molecule has 1 aromatic carbocycles. The molecule has 2 N–H and O–H groups in total. The maximum Gasteiger partial charge on any atom is 0.0405 e. The predicted molar refractivity (Wildman–Crippen MR) is 60.6 cm³/mol. The van der Waals surface area contributed by atoms with Gasteiger partial charge in [0.2, 0.25) is 0 Å². The molecule has 1 aromatic rings. The van der Waals surface area contributed by atoms with E-state index in [1.165, 1.54) is 16.8 Å². The van der Waals surface area contributed by atoms with Gasteiger partial charge in [-0.25, -0.2) is 0 Å². The maximum absolute atomic E-state index is 5.65. The van der Waals surface area contributed by atoms with Crippen LogP contribution in [0.15, 0.2) is 18.2 Å². The van der Waals surface area contributed by atoms with Gasteiger partial charge in [-0.1, -0.05) is 19.1 Å². The zero-order valence-electron chi connectivity index (χ0n) is 8.96. The number of likely N-dealkylation sites (N-methyl/N-ethyl adjacent to an activating group) is 1. The van der Waals surface area contributed by atoms with E-state index in [9.17, 15) is 0 Å². The summed E-state index contributed by atoms with van der Waals surface area (Å²) in [5.74, 6) is 0.664. The van der Waals surface area contributed by atoms with Crippen LogP contribution in [0.25, 0.3) is 0 Å². The second kappa shape index (κ2) is 3.62. The molecule has 0 aromatic heterocycles. The Balaban J connectivity index is 2.42. The molecule has 0 saturated carbocycles. The van der Waals surface area contributed by atoms with Crippen LogP contribution < -0.4 is 10.6 Å². The van der Waals surface area contributed by atoms with Crippen molar-refractivity contribution in [1.82, 2.24) is 0 Å². The zero-order chi connectivity index (χ0) is 10.1. The molecule has 1 aliphatic rings. The lowest BCUT2D eigenvalue weighted by Crippen LogP contribution is -2.20. The number of anilines is 1. The number of rotatable bonds is 2. The molecule has 0 radical (unpaired) electrons. The minimum atomic E-state index is 0.638. The molecular weight excluding hydrogens is 172 g/mol. The van der Waals surface area contributed by atoms with E-state index >= 15 is 0 Å². The summed E-state index contributed by atoms with van der Waals surface area (Å²) in [7, 11) is 0. The third-order valence-corrected chi connectivity index (χ3v) is 3.08. The SMILES string of the molecule is CCN1CC(C)c2ccc(CN)cc21. The fourth-order valence-corrected chi connectivity index (χ4v) is 2.23. The van der Waals surface area contributed by atoms with Crippen molar-refractivity contribution in [3.8, 4) is 0 Å². The second-order valence-corrected chi connectivity index (χ2v) is 4.04. The summed E-state index contributed by atoms with van der Waals surface area (Å²) in [6, 6.07) is 6.62. The molecule has 1 unspecified atom stereocenters. The molecule has 0 amide bonds. The first kappa shape index (κ1) is 9.53. The molecule has 1 atom stereocenters. The van der Waals surface area contributed by atoms with E-state index in [1.54, 1.807) is 0 Å². The standard InChI is InChI=1S/C12H18N2/c1-3-14-8-9(2)11-5-4-10(7-13)6-12(11)14/h4-6,9H,3,7-8,13H2,1-2H3. The van der Waals surface area contributed by atoms with Gasteiger partial charge in [-0.2, -0.15) is 0 Å². The Morgan fingerprint density at radius 1 is 1.50 bits per heavy atom. The normalized spacial score (nSPS) is 19.9. The Hall–Kier alpha value is -1.02. The Morgan fingerprint density at radius 3 is 2.93 bits per heavy atom. The lowest BCUT2D eigenvalue weighted by molar-refractivity contribution is 0.762. The highest BCUT2D eigenvalue weighted by Crippen LogP contribution is 2.36. The highest BCUT2D eigenvalue weighted by molar-refractivity contribution is 5.61. The van der Waals surface area contributed by atoms with E-state index in [4.69, 9.17) is 5.73 Å². The van der Waals surface area contributed by atoms with Gasteiger partial charge >= 0.3 is 0 Å². The monoisotopic (exact) mass is 190 g/mol. The lowest BCUT2D eigenvalue weighted by atomic mass is 10.0. The van der Waals surface area contributed by atoms with Crippen LogP contribution in [0.1, 0.15) is 30.9 Å². The van der Waals surface area contributed by atoms with Crippen molar-refractivity contribution in [3.05, 3.63) is 29.3 Å². The molecule has 0 fully saturated rings. The number of benzene rings is 1. The third kappa shape index (κ3) is 1.40.